The normalized spacial score (nSPS) is 16.0. The Bertz CT molecular complexity index is 863. The minimum absolute atomic E-state index is 0.00327. The first-order chi connectivity index (χ1) is 14.3. The third-order valence-corrected chi connectivity index (χ3v) is 5.25. The van der Waals surface area contributed by atoms with Gasteiger partial charge in [-0.3, -0.25) is 19.5 Å². The van der Waals surface area contributed by atoms with E-state index in [0.717, 1.165) is 37.7 Å². The molecule has 1 N–H and O–H groups in total. The first-order valence-electron chi connectivity index (χ1n) is 9.94. The van der Waals surface area contributed by atoms with E-state index in [1.807, 2.05) is 0 Å². The number of amides is 2. The molecule has 0 radical (unpaired) electrons. The molecule has 1 fully saturated rings. The van der Waals surface area contributed by atoms with Crippen LogP contribution >= 0.6 is 0 Å². The van der Waals surface area contributed by atoms with E-state index >= 15 is 0 Å². The van der Waals surface area contributed by atoms with E-state index in [1.165, 1.54) is 36.7 Å². The third-order valence-electron chi connectivity index (χ3n) is 5.25. The van der Waals surface area contributed by atoms with Crippen LogP contribution in [-0.4, -0.2) is 29.0 Å². The van der Waals surface area contributed by atoms with Crippen LogP contribution in [0.2, 0.25) is 0 Å². The number of aryl methyl sites for hydroxylation is 1. The van der Waals surface area contributed by atoms with Crippen molar-refractivity contribution in [1.29, 1.82) is 0 Å². The van der Waals surface area contributed by atoms with E-state index in [4.69, 9.17) is 0 Å². The number of carbonyl (C=O) groups is 2. The molecule has 1 heterocycles. The molecule has 1 atom stereocenters. The van der Waals surface area contributed by atoms with Crippen LogP contribution in [0.1, 0.15) is 49.3 Å². The highest BCUT2D eigenvalue weighted by Crippen LogP contribution is 2.33. The number of hydrogen-bond acceptors (Lipinski definition) is 3. The van der Waals surface area contributed by atoms with Crippen molar-refractivity contribution in [3.63, 3.8) is 0 Å². The number of aromatic nitrogens is 1. The largest absolute Gasteiger partial charge is 0.471 e. The molecule has 160 valence electrons. The van der Waals surface area contributed by atoms with Crippen molar-refractivity contribution >= 4 is 17.5 Å². The second-order valence-corrected chi connectivity index (χ2v) is 7.54. The maximum atomic E-state index is 13.5. The third kappa shape index (κ3) is 5.17. The lowest BCUT2D eigenvalue weighted by molar-refractivity contribution is -0.171. The summed E-state index contributed by atoms with van der Waals surface area (Å²) in [7, 11) is 0. The lowest BCUT2D eigenvalue weighted by atomic mass is 9.94. The second kappa shape index (κ2) is 9.28. The minimum atomic E-state index is -5.14. The smallest absolute Gasteiger partial charge is 0.351 e. The van der Waals surface area contributed by atoms with Crippen molar-refractivity contribution in [2.75, 3.05) is 4.90 Å². The van der Waals surface area contributed by atoms with Crippen LogP contribution in [-0.2, 0) is 9.59 Å². The predicted octanol–water partition coefficient (Wildman–Crippen LogP) is 4.48. The van der Waals surface area contributed by atoms with E-state index in [1.54, 1.807) is 19.1 Å². The molecular weight excluding hydrogens is 395 g/mol. The lowest BCUT2D eigenvalue weighted by Crippen LogP contribution is -2.50. The zero-order valence-electron chi connectivity index (χ0n) is 16.7. The molecule has 1 aromatic carbocycles. The van der Waals surface area contributed by atoms with Gasteiger partial charge in [-0.25, -0.2) is 0 Å². The van der Waals surface area contributed by atoms with Crippen LogP contribution in [0.5, 0.6) is 0 Å². The highest BCUT2D eigenvalue weighted by Gasteiger charge is 2.47. The van der Waals surface area contributed by atoms with Crippen LogP contribution in [0.3, 0.4) is 0 Å². The van der Waals surface area contributed by atoms with Crippen molar-refractivity contribution in [3.8, 4) is 0 Å². The SMILES string of the molecule is Cc1ccc(N(C(=O)C(F)(F)F)C(C(=O)NC2CCCCC2)c2ccncc2)cc1. The monoisotopic (exact) mass is 419 g/mol. The van der Waals surface area contributed by atoms with Gasteiger partial charge in [-0.05, 0) is 49.6 Å². The van der Waals surface area contributed by atoms with Crippen molar-refractivity contribution in [1.82, 2.24) is 10.3 Å². The summed E-state index contributed by atoms with van der Waals surface area (Å²) in [5.41, 5.74) is 1.09. The lowest BCUT2D eigenvalue weighted by Gasteiger charge is -2.33. The highest BCUT2D eigenvalue weighted by molar-refractivity contribution is 6.03. The van der Waals surface area contributed by atoms with Gasteiger partial charge in [0.25, 0.3) is 0 Å². The number of rotatable bonds is 5. The Morgan fingerprint density at radius 1 is 1.03 bits per heavy atom. The Hall–Kier alpha value is -2.90. The Morgan fingerprint density at radius 3 is 2.20 bits per heavy atom. The molecule has 0 spiro atoms. The average molecular weight is 419 g/mol. The number of alkyl halides is 3. The van der Waals surface area contributed by atoms with Crippen molar-refractivity contribution in [3.05, 3.63) is 59.9 Å². The summed E-state index contributed by atoms with van der Waals surface area (Å²) in [6.45, 7) is 1.79. The maximum Gasteiger partial charge on any atom is 0.471 e. The number of carbonyl (C=O) groups excluding carboxylic acids is 2. The van der Waals surface area contributed by atoms with Gasteiger partial charge in [0.15, 0.2) is 0 Å². The summed E-state index contributed by atoms with van der Waals surface area (Å²) in [6.07, 6.45) is 2.16. The number of nitrogens with one attached hydrogen (secondary N) is 1. The van der Waals surface area contributed by atoms with Gasteiger partial charge < -0.3 is 5.32 Å². The standard InChI is InChI=1S/C22H24F3N3O2/c1-15-7-9-18(10-8-15)28(21(30)22(23,24)25)19(16-11-13-26-14-12-16)20(29)27-17-5-3-2-4-6-17/h7-14,17,19H,2-6H2,1H3,(H,27,29). The fourth-order valence-electron chi connectivity index (χ4n) is 3.72. The van der Waals surface area contributed by atoms with Crippen molar-refractivity contribution < 1.29 is 22.8 Å². The van der Waals surface area contributed by atoms with Gasteiger partial charge in [-0.1, -0.05) is 37.0 Å². The summed E-state index contributed by atoms with van der Waals surface area (Å²) in [6, 6.07) is 7.38. The van der Waals surface area contributed by atoms with Gasteiger partial charge in [0.2, 0.25) is 5.91 Å². The van der Waals surface area contributed by atoms with E-state index in [2.05, 4.69) is 10.3 Å². The van der Waals surface area contributed by atoms with Crippen LogP contribution in [0.15, 0.2) is 48.8 Å². The fourth-order valence-corrected chi connectivity index (χ4v) is 3.72. The van der Waals surface area contributed by atoms with Gasteiger partial charge >= 0.3 is 12.1 Å². The number of pyridine rings is 1. The molecule has 2 amide bonds. The maximum absolute atomic E-state index is 13.5. The molecule has 0 aliphatic heterocycles. The fraction of sp³-hybridized carbons (Fsp3) is 0.409. The van der Waals surface area contributed by atoms with Crippen LogP contribution in [0.25, 0.3) is 0 Å². The first-order valence-corrected chi connectivity index (χ1v) is 9.94. The molecule has 30 heavy (non-hydrogen) atoms. The summed E-state index contributed by atoms with van der Waals surface area (Å²) < 4.78 is 40.6. The van der Waals surface area contributed by atoms with E-state index < -0.39 is 24.0 Å². The average Bonchev–Trinajstić information content (AvgIpc) is 2.73. The van der Waals surface area contributed by atoms with E-state index in [0.29, 0.717) is 4.90 Å². The number of nitrogens with zero attached hydrogens (tertiary/aromatic N) is 2. The van der Waals surface area contributed by atoms with Crippen LogP contribution < -0.4 is 10.2 Å². The number of hydrogen-bond donors (Lipinski definition) is 1. The van der Waals surface area contributed by atoms with Gasteiger partial charge in [0, 0.05) is 24.1 Å². The Balaban J connectivity index is 2.04. The molecule has 1 aliphatic rings. The highest BCUT2D eigenvalue weighted by atomic mass is 19.4. The molecule has 2 aromatic rings. The van der Waals surface area contributed by atoms with Gasteiger partial charge in [-0.2, -0.15) is 13.2 Å². The summed E-state index contributed by atoms with van der Waals surface area (Å²) in [4.78, 5) is 30.1. The topological polar surface area (TPSA) is 62.3 Å². The molecular formula is C22H24F3N3O2. The van der Waals surface area contributed by atoms with Crippen molar-refractivity contribution in [2.45, 2.75) is 57.3 Å². The first kappa shape index (κ1) is 21.8. The zero-order chi connectivity index (χ0) is 21.7. The predicted molar refractivity (Wildman–Crippen MR) is 107 cm³/mol. The molecule has 1 saturated carbocycles. The number of halogens is 3. The molecule has 3 rings (SSSR count). The van der Waals surface area contributed by atoms with E-state index in [9.17, 15) is 22.8 Å². The minimum Gasteiger partial charge on any atom is -0.351 e. The quantitative estimate of drug-likeness (QED) is 0.778. The Morgan fingerprint density at radius 2 is 1.63 bits per heavy atom. The van der Waals surface area contributed by atoms with Crippen LogP contribution in [0.4, 0.5) is 18.9 Å². The molecule has 0 bridgehead atoms. The zero-order valence-corrected chi connectivity index (χ0v) is 16.7. The van der Waals surface area contributed by atoms with Gasteiger partial charge in [0.05, 0.1) is 0 Å². The molecule has 5 nitrogen and oxygen atoms in total. The molecule has 1 aromatic heterocycles. The second-order valence-electron chi connectivity index (χ2n) is 7.54. The molecule has 1 aliphatic carbocycles. The summed E-state index contributed by atoms with van der Waals surface area (Å²) in [5.74, 6) is -2.72. The van der Waals surface area contributed by atoms with Crippen molar-refractivity contribution in [2.24, 2.45) is 0 Å². The van der Waals surface area contributed by atoms with E-state index in [-0.39, 0.29) is 17.3 Å². The molecule has 0 saturated heterocycles. The summed E-state index contributed by atoms with van der Waals surface area (Å²) in [5, 5.41) is 2.86. The Labute approximate surface area is 173 Å². The molecule has 1 unspecified atom stereocenters. The van der Waals surface area contributed by atoms with Gasteiger partial charge in [-0.15, -0.1) is 0 Å². The van der Waals surface area contributed by atoms with Crippen LogP contribution in [0, 0.1) is 6.92 Å². The number of anilines is 1. The summed E-state index contributed by atoms with van der Waals surface area (Å²) >= 11 is 0. The number of benzene rings is 1. The van der Waals surface area contributed by atoms with Gasteiger partial charge in [0.1, 0.15) is 6.04 Å². The molecule has 8 heteroatoms. The Kier molecular flexibility index (Phi) is 6.74.